The molecule has 0 bridgehead atoms. The number of halogens is 2. The van der Waals surface area contributed by atoms with E-state index in [0.717, 1.165) is 42.0 Å². The van der Waals surface area contributed by atoms with Crippen molar-refractivity contribution in [1.29, 1.82) is 0 Å². The highest BCUT2D eigenvalue weighted by Gasteiger charge is 2.30. The van der Waals surface area contributed by atoms with Gasteiger partial charge in [0.15, 0.2) is 5.69 Å². The lowest BCUT2D eigenvalue weighted by atomic mass is 10.0. The van der Waals surface area contributed by atoms with Gasteiger partial charge >= 0.3 is 0 Å². The number of para-hydroxylation sites is 1. The molecule has 184 valence electrons. The molecule has 2 heterocycles. The van der Waals surface area contributed by atoms with E-state index >= 15 is 0 Å². The van der Waals surface area contributed by atoms with Crippen molar-refractivity contribution in [3.63, 3.8) is 0 Å². The second-order valence-corrected chi connectivity index (χ2v) is 8.78. The molecule has 1 fully saturated rings. The van der Waals surface area contributed by atoms with Gasteiger partial charge in [0.2, 0.25) is 0 Å². The Balaban J connectivity index is 0.00000324. The Morgan fingerprint density at radius 3 is 2.53 bits per heavy atom. The van der Waals surface area contributed by atoms with Crippen LogP contribution in [0.25, 0.3) is 10.9 Å². The number of nitrogens with zero attached hydrogens (tertiary/aromatic N) is 4. The molecule has 0 spiro atoms. The SMILES string of the molecule is CC(C)n1nc(C(=O)N(O)C2CCN(CCCOc3ccc(F)cc3)CC2)c2ccccc21.Cl. The fourth-order valence-corrected chi connectivity index (χ4v) is 4.31. The molecule has 0 aliphatic carbocycles. The largest absolute Gasteiger partial charge is 0.494 e. The van der Waals surface area contributed by atoms with Crippen LogP contribution in [0.5, 0.6) is 5.75 Å². The first kappa shape index (κ1) is 25.9. The summed E-state index contributed by atoms with van der Waals surface area (Å²) in [5.41, 5.74) is 1.18. The zero-order valence-electron chi connectivity index (χ0n) is 19.6. The van der Waals surface area contributed by atoms with E-state index < -0.39 is 5.91 Å². The van der Waals surface area contributed by atoms with Gasteiger partial charge in [-0.2, -0.15) is 5.10 Å². The average Bonchev–Trinajstić information content (AvgIpc) is 3.22. The lowest BCUT2D eigenvalue weighted by Crippen LogP contribution is -2.46. The van der Waals surface area contributed by atoms with Crippen LogP contribution in [0.1, 0.15) is 49.6 Å². The number of rotatable bonds is 8. The van der Waals surface area contributed by atoms with Crippen LogP contribution in [0.2, 0.25) is 0 Å². The number of hydrogen-bond donors (Lipinski definition) is 1. The molecule has 1 aromatic heterocycles. The number of hydroxylamine groups is 2. The first-order valence-electron chi connectivity index (χ1n) is 11.5. The van der Waals surface area contributed by atoms with Crippen LogP contribution >= 0.6 is 12.4 Å². The van der Waals surface area contributed by atoms with Crippen molar-refractivity contribution < 1.29 is 19.1 Å². The molecule has 1 N–H and O–H groups in total. The third-order valence-corrected chi connectivity index (χ3v) is 6.12. The quantitative estimate of drug-likeness (QED) is 0.275. The van der Waals surface area contributed by atoms with Gasteiger partial charge in [0.25, 0.3) is 5.91 Å². The van der Waals surface area contributed by atoms with Crippen molar-refractivity contribution in [2.75, 3.05) is 26.2 Å². The van der Waals surface area contributed by atoms with E-state index in [1.807, 2.05) is 42.8 Å². The van der Waals surface area contributed by atoms with E-state index in [1.165, 1.54) is 12.1 Å². The molecule has 7 nitrogen and oxygen atoms in total. The molecule has 1 saturated heterocycles. The number of hydrogen-bond acceptors (Lipinski definition) is 5. The molecule has 0 unspecified atom stereocenters. The van der Waals surface area contributed by atoms with Crippen molar-refractivity contribution in [2.24, 2.45) is 0 Å². The second-order valence-electron chi connectivity index (χ2n) is 8.78. The smallest absolute Gasteiger partial charge is 0.298 e. The predicted octanol–water partition coefficient (Wildman–Crippen LogP) is 4.94. The summed E-state index contributed by atoms with van der Waals surface area (Å²) < 4.78 is 20.4. The highest BCUT2D eigenvalue weighted by Crippen LogP contribution is 2.24. The number of ether oxygens (including phenoxy) is 1. The van der Waals surface area contributed by atoms with Crippen LogP contribution in [0, 0.1) is 5.82 Å². The van der Waals surface area contributed by atoms with Crippen LogP contribution in [0.3, 0.4) is 0 Å². The summed E-state index contributed by atoms with van der Waals surface area (Å²) in [6.07, 6.45) is 2.25. The van der Waals surface area contributed by atoms with Gasteiger partial charge in [-0.05, 0) is 63.4 Å². The van der Waals surface area contributed by atoms with Gasteiger partial charge in [-0.3, -0.25) is 14.7 Å². The Bertz CT molecular complexity index is 1080. The zero-order valence-corrected chi connectivity index (χ0v) is 20.4. The van der Waals surface area contributed by atoms with Crippen LogP contribution in [-0.4, -0.2) is 63.1 Å². The first-order chi connectivity index (χ1) is 15.9. The van der Waals surface area contributed by atoms with Gasteiger partial charge in [-0.25, -0.2) is 9.45 Å². The predicted molar refractivity (Wildman–Crippen MR) is 131 cm³/mol. The summed E-state index contributed by atoms with van der Waals surface area (Å²) >= 11 is 0. The molecule has 0 atom stereocenters. The molecule has 1 aliphatic rings. The van der Waals surface area contributed by atoms with Crippen molar-refractivity contribution in [1.82, 2.24) is 19.7 Å². The fourth-order valence-electron chi connectivity index (χ4n) is 4.31. The Labute approximate surface area is 205 Å². The highest BCUT2D eigenvalue weighted by atomic mass is 35.5. The molecule has 9 heteroatoms. The van der Waals surface area contributed by atoms with E-state index in [2.05, 4.69) is 10.00 Å². The molecular weight excluding hydrogens is 459 g/mol. The van der Waals surface area contributed by atoms with E-state index in [0.29, 0.717) is 30.9 Å². The summed E-state index contributed by atoms with van der Waals surface area (Å²) in [6.45, 7) is 7.06. The van der Waals surface area contributed by atoms with Crippen LogP contribution in [0.4, 0.5) is 4.39 Å². The van der Waals surface area contributed by atoms with Crippen LogP contribution in [0.15, 0.2) is 48.5 Å². The molecule has 3 aromatic rings. The van der Waals surface area contributed by atoms with Gasteiger partial charge in [0.1, 0.15) is 11.6 Å². The third-order valence-electron chi connectivity index (χ3n) is 6.12. The van der Waals surface area contributed by atoms with E-state index in [9.17, 15) is 14.4 Å². The van der Waals surface area contributed by atoms with Crippen LogP contribution < -0.4 is 4.74 Å². The highest BCUT2D eigenvalue weighted by molar-refractivity contribution is 6.04. The van der Waals surface area contributed by atoms with Crippen molar-refractivity contribution in [2.45, 2.75) is 45.2 Å². The molecule has 1 amide bonds. The molecule has 0 radical (unpaired) electrons. The van der Waals surface area contributed by atoms with Crippen LogP contribution in [-0.2, 0) is 0 Å². The molecule has 2 aromatic carbocycles. The lowest BCUT2D eigenvalue weighted by Gasteiger charge is -2.35. The maximum atomic E-state index is 13.1. The Morgan fingerprint density at radius 1 is 1.18 bits per heavy atom. The fraction of sp³-hybridized carbons (Fsp3) is 0.440. The summed E-state index contributed by atoms with van der Waals surface area (Å²) in [4.78, 5) is 15.4. The molecule has 34 heavy (non-hydrogen) atoms. The topological polar surface area (TPSA) is 70.8 Å². The molecule has 1 aliphatic heterocycles. The van der Waals surface area contributed by atoms with E-state index in [-0.39, 0.29) is 30.3 Å². The van der Waals surface area contributed by atoms with E-state index in [4.69, 9.17) is 4.74 Å². The van der Waals surface area contributed by atoms with Gasteiger partial charge in [-0.15, -0.1) is 12.4 Å². The normalized spacial score (nSPS) is 14.9. The summed E-state index contributed by atoms with van der Waals surface area (Å²) in [5, 5.41) is 16.9. The number of benzene rings is 2. The minimum absolute atomic E-state index is 0. The van der Waals surface area contributed by atoms with Crippen molar-refractivity contribution in [3.8, 4) is 5.75 Å². The minimum Gasteiger partial charge on any atom is -0.494 e. The summed E-state index contributed by atoms with van der Waals surface area (Å²) in [6, 6.07) is 13.5. The average molecular weight is 491 g/mol. The Kier molecular flexibility index (Phi) is 8.88. The van der Waals surface area contributed by atoms with Crippen molar-refractivity contribution >= 4 is 29.2 Å². The third kappa shape index (κ3) is 5.87. The molecule has 0 saturated carbocycles. The lowest BCUT2D eigenvalue weighted by molar-refractivity contribution is -0.101. The number of amides is 1. The van der Waals surface area contributed by atoms with Gasteiger partial charge < -0.3 is 9.64 Å². The zero-order chi connectivity index (χ0) is 23.4. The Hall–Kier alpha value is -2.68. The number of fused-ring (bicyclic) bond motifs is 1. The maximum Gasteiger partial charge on any atom is 0.298 e. The number of likely N-dealkylation sites (tertiary alicyclic amines) is 1. The second kappa shape index (κ2) is 11.6. The van der Waals surface area contributed by atoms with Gasteiger partial charge in [0.05, 0.1) is 18.2 Å². The number of piperidine rings is 1. The summed E-state index contributed by atoms with van der Waals surface area (Å²) in [7, 11) is 0. The standard InChI is InChI=1S/C25H31FN4O3.ClH/c1-18(2)29-23-7-4-3-6-22(23)24(27-29)25(31)30(32)20-12-15-28(16-13-20)14-5-17-33-21-10-8-19(26)9-11-21;/h3-4,6-11,18,20,32H,5,12-17H2,1-2H3;1H. The summed E-state index contributed by atoms with van der Waals surface area (Å²) in [5.74, 6) is -0.0585. The Morgan fingerprint density at radius 2 is 1.85 bits per heavy atom. The number of carbonyl (C=O) groups excluding carboxylic acids is 1. The molecule has 4 rings (SSSR count). The number of carbonyl (C=O) groups is 1. The van der Waals surface area contributed by atoms with Gasteiger partial charge in [0, 0.05) is 31.1 Å². The monoisotopic (exact) mass is 490 g/mol. The van der Waals surface area contributed by atoms with Crippen molar-refractivity contribution in [3.05, 3.63) is 60.0 Å². The molecular formula is C25H32ClFN4O3. The first-order valence-corrected chi connectivity index (χ1v) is 11.5. The minimum atomic E-state index is -0.447. The number of aromatic nitrogens is 2. The maximum absolute atomic E-state index is 13.1. The van der Waals surface area contributed by atoms with E-state index in [1.54, 1.807) is 12.1 Å². The van der Waals surface area contributed by atoms with Gasteiger partial charge in [-0.1, -0.05) is 18.2 Å².